The Morgan fingerprint density at radius 1 is 1.61 bits per heavy atom. The van der Waals surface area contributed by atoms with Gasteiger partial charge in [0.25, 0.3) is 16.0 Å². The number of nitrogens with zero attached hydrogens (tertiary/aromatic N) is 1. The van der Waals surface area contributed by atoms with Crippen LogP contribution in [0.15, 0.2) is 0 Å². The van der Waals surface area contributed by atoms with Gasteiger partial charge in [-0.05, 0) is 6.42 Å². The van der Waals surface area contributed by atoms with E-state index >= 15 is 0 Å². The number of hydrogen-bond donors (Lipinski definition) is 2. The molecule has 0 atom stereocenters. The van der Waals surface area contributed by atoms with E-state index in [1.807, 2.05) is 0 Å². The van der Waals surface area contributed by atoms with Gasteiger partial charge in [-0.25, -0.2) is 5.01 Å². The van der Waals surface area contributed by atoms with Crippen molar-refractivity contribution in [2.24, 2.45) is 0 Å². The second-order valence-corrected chi connectivity index (χ2v) is 8.12. The molecule has 0 saturated carbocycles. The number of carbonyl (C=O) groups excluding carboxylic acids is 1. The van der Waals surface area contributed by atoms with E-state index in [1.165, 1.54) is 28.5 Å². The molecule has 0 bridgehead atoms. The molecule has 1 amide bonds. The Morgan fingerprint density at radius 2 is 2.28 bits per heavy atom. The van der Waals surface area contributed by atoms with Crippen LogP contribution in [0.3, 0.4) is 0 Å². The summed E-state index contributed by atoms with van der Waals surface area (Å²) in [6.07, 6.45) is 0.276. The summed E-state index contributed by atoms with van der Waals surface area (Å²) >= 11 is 12.4. The highest BCUT2D eigenvalue weighted by Crippen LogP contribution is 2.18. The summed E-state index contributed by atoms with van der Waals surface area (Å²) in [6.45, 7) is 0. The summed E-state index contributed by atoms with van der Waals surface area (Å²) in [5.74, 6) is 0.250. The number of thiocarbonyl (C=S) groups is 2. The molecule has 1 saturated heterocycles. The second kappa shape index (κ2) is 7.01. The van der Waals surface area contributed by atoms with Crippen LogP contribution in [-0.4, -0.2) is 49.8 Å². The van der Waals surface area contributed by atoms with Crippen LogP contribution in [0.1, 0.15) is 6.42 Å². The Balaban J connectivity index is 2.26. The zero-order valence-corrected chi connectivity index (χ0v) is 13.1. The molecule has 0 aromatic carbocycles. The number of nitrogens with one attached hydrogen (secondary N) is 1. The van der Waals surface area contributed by atoms with Gasteiger partial charge in [-0.2, -0.15) is 8.42 Å². The minimum absolute atomic E-state index is 0.161. The fourth-order valence-electron chi connectivity index (χ4n) is 0.992. The van der Waals surface area contributed by atoms with Gasteiger partial charge < -0.3 is 0 Å². The normalized spacial score (nSPS) is 16.2. The average molecular weight is 347 g/mol. The minimum atomic E-state index is -3.93. The van der Waals surface area contributed by atoms with Crippen molar-refractivity contribution >= 4 is 72.6 Å². The molecule has 1 aliphatic heterocycles. The first-order chi connectivity index (χ1) is 8.29. The first-order valence-electron chi connectivity index (χ1n) is 4.68. The van der Waals surface area contributed by atoms with Gasteiger partial charge in [0.15, 0.2) is 8.64 Å². The van der Waals surface area contributed by atoms with Gasteiger partial charge >= 0.3 is 0 Å². The quantitative estimate of drug-likeness (QED) is 0.423. The van der Waals surface area contributed by atoms with E-state index in [-0.39, 0.29) is 18.1 Å². The van der Waals surface area contributed by atoms with E-state index in [0.29, 0.717) is 20.1 Å². The van der Waals surface area contributed by atoms with Crippen LogP contribution < -0.4 is 5.43 Å². The summed E-state index contributed by atoms with van der Waals surface area (Å²) in [6, 6.07) is 0. The monoisotopic (exact) mass is 346 g/mol. The molecule has 6 nitrogen and oxygen atoms in total. The number of thioether (sulfide) groups is 2. The Bertz CT molecular complexity index is 446. The molecular weight excluding hydrogens is 336 g/mol. The fraction of sp³-hybridized carbons (Fsp3) is 0.571. The molecule has 0 unspecified atom stereocenters. The zero-order valence-electron chi connectivity index (χ0n) is 8.99. The molecule has 11 heteroatoms. The van der Waals surface area contributed by atoms with E-state index in [4.69, 9.17) is 29.0 Å². The van der Waals surface area contributed by atoms with Crippen LogP contribution >= 0.6 is 48.0 Å². The van der Waals surface area contributed by atoms with Crippen LogP contribution in [0.25, 0.3) is 0 Å². The molecule has 102 valence electrons. The van der Waals surface area contributed by atoms with E-state index in [1.54, 1.807) is 0 Å². The summed E-state index contributed by atoms with van der Waals surface area (Å²) in [5.41, 5.74) is 2.68. The maximum atomic E-state index is 11.4. The summed E-state index contributed by atoms with van der Waals surface area (Å²) in [5, 5.41) is 1.21. The van der Waals surface area contributed by atoms with Crippen molar-refractivity contribution in [2.45, 2.75) is 6.42 Å². The lowest BCUT2D eigenvalue weighted by Gasteiger charge is -2.17. The number of hydrogen-bond acceptors (Lipinski definition) is 7. The Hall–Kier alpha value is 0.0600. The molecule has 1 rings (SSSR count). The molecule has 0 aromatic heterocycles. The largest absolute Gasteiger partial charge is 0.286 e. The molecule has 18 heavy (non-hydrogen) atoms. The number of amides is 1. The second-order valence-electron chi connectivity index (χ2n) is 3.17. The van der Waals surface area contributed by atoms with Crippen LogP contribution in [0.5, 0.6) is 0 Å². The van der Waals surface area contributed by atoms with Gasteiger partial charge in [0.1, 0.15) is 0 Å². The first kappa shape index (κ1) is 16.1. The number of hydrazine groups is 1. The standard InChI is InChI=1S/C7H10N2O4S5/c10-5-4-17-7(15)9(5)8-6(14)16-2-1-3-18(11,12)13/h1-4H2,(H,8,14)(H,11,12,13). The van der Waals surface area contributed by atoms with Gasteiger partial charge in [-0.3, -0.25) is 14.8 Å². The van der Waals surface area contributed by atoms with Crippen molar-refractivity contribution in [3.05, 3.63) is 0 Å². The lowest BCUT2D eigenvalue weighted by Crippen LogP contribution is -2.43. The highest BCUT2D eigenvalue weighted by Gasteiger charge is 2.27. The maximum Gasteiger partial charge on any atom is 0.264 e. The van der Waals surface area contributed by atoms with E-state index < -0.39 is 10.1 Å². The smallest absolute Gasteiger partial charge is 0.264 e. The highest BCUT2D eigenvalue weighted by molar-refractivity contribution is 8.24. The maximum absolute atomic E-state index is 11.4. The lowest BCUT2D eigenvalue weighted by molar-refractivity contribution is -0.125. The molecule has 2 N–H and O–H groups in total. The van der Waals surface area contributed by atoms with Gasteiger partial charge in [-0.15, -0.1) is 0 Å². The molecule has 1 heterocycles. The Kier molecular flexibility index (Phi) is 6.27. The van der Waals surface area contributed by atoms with Gasteiger partial charge in [0.05, 0.1) is 11.5 Å². The molecule has 0 aliphatic carbocycles. The SMILES string of the molecule is O=C1CSC(=S)N1NC(=S)SCCCS(=O)(=O)O. The van der Waals surface area contributed by atoms with Crippen LogP contribution in [0.4, 0.5) is 0 Å². The third-order valence-electron chi connectivity index (χ3n) is 1.73. The topological polar surface area (TPSA) is 86.7 Å². The minimum Gasteiger partial charge on any atom is -0.286 e. The average Bonchev–Trinajstić information content (AvgIpc) is 2.55. The summed E-state index contributed by atoms with van der Waals surface area (Å²) in [7, 11) is -3.93. The third-order valence-corrected chi connectivity index (χ3v) is 5.19. The first-order valence-corrected chi connectivity index (χ1v) is 9.07. The van der Waals surface area contributed by atoms with E-state index in [9.17, 15) is 13.2 Å². The molecule has 0 spiro atoms. The summed E-state index contributed by atoms with van der Waals surface area (Å²) < 4.78 is 30.2. The molecule has 0 radical (unpaired) electrons. The van der Waals surface area contributed by atoms with Crippen molar-refractivity contribution in [3.63, 3.8) is 0 Å². The van der Waals surface area contributed by atoms with Gasteiger partial charge in [0.2, 0.25) is 0 Å². The fourth-order valence-corrected chi connectivity index (χ4v) is 3.63. The van der Waals surface area contributed by atoms with Crippen LogP contribution in [-0.2, 0) is 14.9 Å². The van der Waals surface area contributed by atoms with Crippen LogP contribution in [0.2, 0.25) is 0 Å². The van der Waals surface area contributed by atoms with Gasteiger partial charge in [-0.1, -0.05) is 48.0 Å². The predicted molar refractivity (Wildman–Crippen MR) is 81.1 cm³/mol. The Morgan fingerprint density at radius 3 is 2.78 bits per heavy atom. The van der Waals surface area contributed by atoms with Crippen molar-refractivity contribution in [1.82, 2.24) is 10.4 Å². The predicted octanol–water partition coefficient (Wildman–Crippen LogP) is 0.647. The number of carbonyl (C=O) groups is 1. The molecule has 1 fully saturated rings. The summed E-state index contributed by atoms with van der Waals surface area (Å²) in [4.78, 5) is 11.4. The molecular formula is C7H10N2O4S5. The van der Waals surface area contributed by atoms with E-state index in [0.717, 1.165) is 0 Å². The van der Waals surface area contributed by atoms with Crippen molar-refractivity contribution in [2.75, 3.05) is 17.3 Å². The third kappa shape index (κ3) is 5.80. The molecule has 1 aliphatic rings. The zero-order chi connectivity index (χ0) is 13.8. The lowest BCUT2D eigenvalue weighted by atomic mass is 10.6. The van der Waals surface area contributed by atoms with Crippen molar-refractivity contribution in [1.29, 1.82) is 0 Å². The van der Waals surface area contributed by atoms with Crippen LogP contribution in [0, 0.1) is 0 Å². The Labute approximate surface area is 124 Å². The van der Waals surface area contributed by atoms with Crippen molar-refractivity contribution < 1.29 is 17.8 Å². The number of rotatable bonds is 5. The van der Waals surface area contributed by atoms with Gasteiger partial charge in [0, 0.05) is 5.75 Å². The van der Waals surface area contributed by atoms with Crippen molar-refractivity contribution in [3.8, 4) is 0 Å². The van der Waals surface area contributed by atoms with E-state index in [2.05, 4.69) is 5.43 Å². The highest BCUT2D eigenvalue weighted by atomic mass is 32.2. The molecule has 0 aromatic rings.